The molecule has 6 nitrogen and oxygen atoms in total. The number of aromatic nitrogens is 3. The van der Waals surface area contributed by atoms with Crippen LogP contribution in [0.1, 0.15) is 30.7 Å². The molecule has 1 amide bonds. The van der Waals surface area contributed by atoms with Gasteiger partial charge in [-0.3, -0.25) is 9.78 Å². The Bertz CT molecular complexity index is 854. The number of aromatic amines is 1. The summed E-state index contributed by atoms with van der Waals surface area (Å²) >= 11 is 0. The lowest BCUT2D eigenvalue weighted by Gasteiger charge is -2.25. The summed E-state index contributed by atoms with van der Waals surface area (Å²) in [5, 5.41) is 0. The number of rotatable bonds is 7. The summed E-state index contributed by atoms with van der Waals surface area (Å²) in [5.41, 5.74) is 3.03. The van der Waals surface area contributed by atoms with Gasteiger partial charge in [0.05, 0.1) is 17.1 Å². The molecule has 27 heavy (non-hydrogen) atoms. The van der Waals surface area contributed by atoms with Crippen molar-refractivity contribution in [1.82, 2.24) is 19.9 Å². The Morgan fingerprint density at radius 1 is 1.22 bits per heavy atom. The fourth-order valence-electron chi connectivity index (χ4n) is 3.50. The van der Waals surface area contributed by atoms with Crippen molar-refractivity contribution >= 4 is 16.9 Å². The molecule has 1 aliphatic rings. The van der Waals surface area contributed by atoms with Crippen molar-refractivity contribution in [3.63, 3.8) is 0 Å². The number of carbonyl (C=O) groups is 1. The van der Waals surface area contributed by atoms with Crippen LogP contribution in [0.2, 0.25) is 0 Å². The number of H-pyrrole nitrogens is 1. The molecule has 1 aromatic carbocycles. The first-order valence-corrected chi connectivity index (χ1v) is 9.50. The van der Waals surface area contributed by atoms with E-state index in [0.717, 1.165) is 41.9 Å². The zero-order valence-corrected chi connectivity index (χ0v) is 15.3. The molecule has 0 radical (unpaired) electrons. The van der Waals surface area contributed by atoms with E-state index in [2.05, 4.69) is 15.0 Å². The number of pyridine rings is 1. The van der Waals surface area contributed by atoms with Crippen LogP contribution in [-0.2, 0) is 22.5 Å². The molecule has 1 aliphatic heterocycles. The number of imidazole rings is 1. The molecule has 0 unspecified atom stereocenters. The van der Waals surface area contributed by atoms with Crippen LogP contribution in [0, 0.1) is 0 Å². The second-order valence-corrected chi connectivity index (χ2v) is 6.97. The summed E-state index contributed by atoms with van der Waals surface area (Å²) in [6.07, 6.45) is 6.78. The smallest absolute Gasteiger partial charge is 0.223 e. The summed E-state index contributed by atoms with van der Waals surface area (Å²) in [6.45, 7) is 2.02. The highest BCUT2D eigenvalue weighted by Gasteiger charge is 2.23. The number of ether oxygens (including phenoxy) is 1. The van der Waals surface area contributed by atoms with Crippen LogP contribution in [0.4, 0.5) is 0 Å². The van der Waals surface area contributed by atoms with E-state index in [1.807, 2.05) is 41.3 Å². The van der Waals surface area contributed by atoms with E-state index < -0.39 is 0 Å². The average molecular weight is 364 g/mol. The van der Waals surface area contributed by atoms with E-state index in [9.17, 15) is 4.79 Å². The second-order valence-electron chi connectivity index (χ2n) is 6.97. The minimum absolute atomic E-state index is 0.128. The fourth-order valence-corrected chi connectivity index (χ4v) is 3.50. The van der Waals surface area contributed by atoms with Crippen molar-refractivity contribution in [3.05, 3.63) is 60.2 Å². The Hall–Kier alpha value is -2.73. The van der Waals surface area contributed by atoms with E-state index in [1.54, 1.807) is 12.4 Å². The molecule has 1 saturated heterocycles. The number of hydrogen-bond donors (Lipinski definition) is 1. The number of amides is 1. The Kier molecular flexibility index (Phi) is 5.44. The number of para-hydroxylation sites is 2. The van der Waals surface area contributed by atoms with Crippen LogP contribution in [0.5, 0.6) is 0 Å². The van der Waals surface area contributed by atoms with E-state index >= 15 is 0 Å². The van der Waals surface area contributed by atoms with Gasteiger partial charge in [0, 0.05) is 44.9 Å². The van der Waals surface area contributed by atoms with Gasteiger partial charge in [-0.2, -0.15) is 0 Å². The molecule has 2 aromatic heterocycles. The van der Waals surface area contributed by atoms with Crippen LogP contribution in [-0.4, -0.2) is 45.0 Å². The van der Waals surface area contributed by atoms with E-state index in [-0.39, 0.29) is 12.0 Å². The number of nitrogens with zero attached hydrogens (tertiary/aromatic N) is 3. The third kappa shape index (κ3) is 4.52. The molecule has 1 N–H and O–H groups in total. The van der Waals surface area contributed by atoms with Crippen molar-refractivity contribution < 1.29 is 9.53 Å². The average Bonchev–Trinajstić information content (AvgIpc) is 3.35. The number of nitrogens with one attached hydrogen (secondary N) is 1. The number of hydrogen-bond acceptors (Lipinski definition) is 4. The molecule has 1 atom stereocenters. The molecule has 0 bridgehead atoms. The zero-order chi connectivity index (χ0) is 18.5. The van der Waals surface area contributed by atoms with Crippen molar-refractivity contribution in [2.75, 3.05) is 13.2 Å². The first kappa shape index (κ1) is 17.7. The highest BCUT2D eigenvalue weighted by atomic mass is 16.5. The van der Waals surface area contributed by atoms with Gasteiger partial charge in [-0.25, -0.2) is 4.98 Å². The normalized spacial score (nSPS) is 16.7. The number of benzene rings is 1. The van der Waals surface area contributed by atoms with Crippen molar-refractivity contribution in [2.45, 2.75) is 38.3 Å². The maximum Gasteiger partial charge on any atom is 0.223 e. The Morgan fingerprint density at radius 2 is 2.07 bits per heavy atom. The molecular weight excluding hydrogens is 340 g/mol. The first-order chi connectivity index (χ1) is 13.3. The minimum atomic E-state index is 0.128. The van der Waals surface area contributed by atoms with Crippen molar-refractivity contribution in [3.8, 4) is 0 Å². The van der Waals surface area contributed by atoms with Gasteiger partial charge in [0.1, 0.15) is 5.82 Å². The van der Waals surface area contributed by atoms with Crippen LogP contribution in [0.15, 0.2) is 48.8 Å². The molecule has 0 spiro atoms. The molecule has 0 aliphatic carbocycles. The van der Waals surface area contributed by atoms with Crippen LogP contribution < -0.4 is 0 Å². The standard InChI is InChI=1S/C21H24N4O2/c26-21(8-7-20-23-18-5-1-2-6-19(18)24-20)25(15-17-4-3-13-27-17)14-16-9-11-22-12-10-16/h1-2,5-6,9-12,17H,3-4,7-8,13-15H2,(H,23,24)/t17-/m0/s1. The number of carbonyl (C=O) groups excluding carboxylic acids is 1. The largest absolute Gasteiger partial charge is 0.376 e. The van der Waals surface area contributed by atoms with Gasteiger partial charge in [-0.1, -0.05) is 12.1 Å². The third-order valence-corrected chi connectivity index (χ3v) is 4.94. The van der Waals surface area contributed by atoms with Crippen LogP contribution in [0.25, 0.3) is 11.0 Å². The maximum atomic E-state index is 12.9. The minimum Gasteiger partial charge on any atom is -0.376 e. The lowest BCUT2D eigenvalue weighted by Crippen LogP contribution is -2.37. The van der Waals surface area contributed by atoms with Gasteiger partial charge in [-0.15, -0.1) is 0 Å². The quantitative estimate of drug-likeness (QED) is 0.699. The predicted octanol–water partition coefficient (Wildman–Crippen LogP) is 3.10. The maximum absolute atomic E-state index is 12.9. The Morgan fingerprint density at radius 3 is 2.85 bits per heavy atom. The topological polar surface area (TPSA) is 71.1 Å². The van der Waals surface area contributed by atoms with Crippen LogP contribution >= 0.6 is 0 Å². The van der Waals surface area contributed by atoms with Gasteiger partial charge in [0.15, 0.2) is 0 Å². The van der Waals surface area contributed by atoms with Crippen molar-refractivity contribution in [2.24, 2.45) is 0 Å². The summed E-state index contributed by atoms with van der Waals surface area (Å²) in [6, 6.07) is 11.8. The number of fused-ring (bicyclic) bond motifs is 1. The molecule has 3 heterocycles. The summed E-state index contributed by atoms with van der Waals surface area (Å²) in [4.78, 5) is 26.8. The van der Waals surface area contributed by atoms with Gasteiger partial charge < -0.3 is 14.6 Å². The van der Waals surface area contributed by atoms with Gasteiger partial charge >= 0.3 is 0 Å². The molecule has 6 heteroatoms. The van der Waals surface area contributed by atoms with Crippen LogP contribution in [0.3, 0.4) is 0 Å². The van der Waals surface area contributed by atoms with E-state index in [4.69, 9.17) is 4.74 Å². The van der Waals surface area contributed by atoms with Gasteiger partial charge in [0.25, 0.3) is 0 Å². The molecule has 3 aromatic rings. The lowest BCUT2D eigenvalue weighted by molar-refractivity contribution is -0.133. The van der Waals surface area contributed by atoms with Crippen molar-refractivity contribution in [1.29, 1.82) is 0 Å². The third-order valence-electron chi connectivity index (χ3n) is 4.94. The molecule has 4 rings (SSSR count). The van der Waals surface area contributed by atoms with Gasteiger partial charge in [0.2, 0.25) is 5.91 Å². The zero-order valence-electron chi connectivity index (χ0n) is 15.3. The predicted molar refractivity (Wildman–Crippen MR) is 103 cm³/mol. The molecular formula is C21H24N4O2. The highest BCUT2D eigenvalue weighted by molar-refractivity contribution is 5.77. The molecule has 1 fully saturated rings. The summed E-state index contributed by atoms with van der Waals surface area (Å²) in [5.74, 6) is 0.980. The SMILES string of the molecule is O=C(CCc1nc2ccccc2[nH]1)N(Cc1ccncc1)C[C@@H]1CCCO1. The summed E-state index contributed by atoms with van der Waals surface area (Å²) in [7, 11) is 0. The van der Waals surface area contributed by atoms with E-state index in [1.165, 1.54) is 0 Å². The fraction of sp³-hybridized carbons (Fsp3) is 0.381. The number of aryl methyl sites for hydroxylation is 1. The summed E-state index contributed by atoms with van der Waals surface area (Å²) < 4.78 is 5.75. The Labute approximate surface area is 158 Å². The van der Waals surface area contributed by atoms with Gasteiger partial charge in [-0.05, 0) is 42.7 Å². The van der Waals surface area contributed by atoms with E-state index in [0.29, 0.717) is 25.9 Å². The Balaban J connectivity index is 1.42. The molecule has 0 saturated carbocycles. The molecule has 140 valence electrons. The monoisotopic (exact) mass is 364 g/mol. The highest BCUT2D eigenvalue weighted by Crippen LogP contribution is 2.17. The first-order valence-electron chi connectivity index (χ1n) is 9.50. The second kappa shape index (κ2) is 8.31. The lowest BCUT2D eigenvalue weighted by atomic mass is 10.1.